The van der Waals surface area contributed by atoms with E-state index < -0.39 is 0 Å². The third kappa shape index (κ3) is 1.84. The monoisotopic (exact) mass is 446 g/mol. The van der Waals surface area contributed by atoms with Crippen LogP contribution in [0.25, 0.3) is 41.7 Å². The van der Waals surface area contributed by atoms with Crippen LogP contribution in [-0.2, 0) is 0 Å². The van der Waals surface area contributed by atoms with Crippen LogP contribution in [0.5, 0.6) is 0 Å². The highest BCUT2D eigenvalue weighted by molar-refractivity contribution is 9.11. The van der Waals surface area contributed by atoms with Crippen molar-refractivity contribution in [1.82, 2.24) is 0 Å². The molecule has 0 amide bonds. The highest BCUT2D eigenvalue weighted by Gasteiger charge is 2.10. The Morgan fingerprint density at radius 3 is 1.32 bits per heavy atom. The van der Waals surface area contributed by atoms with E-state index in [9.17, 15) is 0 Å². The van der Waals surface area contributed by atoms with Crippen LogP contribution in [0.1, 0.15) is 0 Å². The minimum Gasteiger partial charge on any atom is -0.128 e. The van der Waals surface area contributed by atoms with Crippen molar-refractivity contribution in [2.75, 3.05) is 0 Å². The molecule has 5 aromatic rings. The summed E-state index contributed by atoms with van der Waals surface area (Å²) >= 11 is 10.8. The van der Waals surface area contributed by atoms with E-state index in [0.717, 1.165) is 0 Å². The van der Waals surface area contributed by atoms with E-state index in [-0.39, 0.29) is 0 Å². The first-order chi connectivity index (χ1) is 10.7. The van der Waals surface area contributed by atoms with Gasteiger partial charge in [0, 0.05) is 20.2 Å². The summed E-state index contributed by atoms with van der Waals surface area (Å²) < 4.78 is 5.04. The van der Waals surface area contributed by atoms with Crippen molar-refractivity contribution in [1.29, 1.82) is 0 Å². The Hall–Kier alpha value is -0.940. The fourth-order valence-electron chi connectivity index (χ4n) is 3.20. The first-order valence-corrected chi connectivity index (χ1v) is 10.1. The summed E-state index contributed by atoms with van der Waals surface area (Å²) in [6.07, 6.45) is 0. The van der Waals surface area contributed by atoms with Crippen molar-refractivity contribution < 1.29 is 0 Å². The van der Waals surface area contributed by atoms with Gasteiger partial charge in [0.25, 0.3) is 0 Å². The van der Waals surface area contributed by atoms with Crippen molar-refractivity contribution in [3.8, 4) is 0 Å². The van der Waals surface area contributed by atoms with E-state index in [1.165, 1.54) is 49.3 Å². The minimum absolute atomic E-state index is 1.19. The zero-order chi connectivity index (χ0) is 14.8. The second-order valence-electron chi connectivity index (χ2n) is 5.31. The lowest BCUT2D eigenvalue weighted by molar-refractivity contribution is 1.88. The average Bonchev–Trinajstić information content (AvgIpc) is 3.07. The smallest absolute Gasteiger partial charge is 0.0711 e. The molecule has 0 fully saturated rings. The Morgan fingerprint density at radius 2 is 0.864 bits per heavy atom. The van der Waals surface area contributed by atoms with Crippen molar-refractivity contribution in [3.63, 3.8) is 0 Å². The third-order valence-corrected chi connectivity index (χ3v) is 7.34. The maximum Gasteiger partial charge on any atom is 0.0711 e. The van der Waals surface area contributed by atoms with Gasteiger partial charge in [-0.3, -0.25) is 0 Å². The molecule has 0 saturated carbocycles. The summed E-state index contributed by atoms with van der Waals surface area (Å²) in [4.78, 5) is 0. The molecule has 4 heteroatoms. The van der Waals surface area contributed by atoms with Gasteiger partial charge < -0.3 is 0 Å². The highest BCUT2D eigenvalue weighted by Crippen LogP contribution is 2.40. The van der Waals surface area contributed by atoms with Gasteiger partial charge >= 0.3 is 0 Å². The van der Waals surface area contributed by atoms with Gasteiger partial charge in [-0.05, 0) is 77.7 Å². The Morgan fingerprint density at radius 1 is 0.500 bits per heavy atom. The Bertz CT molecular complexity index is 1100. The van der Waals surface area contributed by atoms with Crippen LogP contribution in [-0.4, -0.2) is 0 Å². The van der Waals surface area contributed by atoms with E-state index >= 15 is 0 Å². The van der Waals surface area contributed by atoms with Crippen molar-refractivity contribution >= 4 is 96.3 Å². The lowest BCUT2D eigenvalue weighted by atomic mass is 9.98. The van der Waals surface area contributed by atoms with Crippen molar-refractivity contribution in [2.45, 2.75) is 0 Å². The topological polar surface area (TPSA) is 0 Å². The van der Waals surface area contributed by atoms with Gasteiger partial charge in [0.1, 0.15) is 0 Å². The molecule has 22 heavy (non-hydrogen) atoms. The number of fused-ring (bicyclic) bond motifs is 7. The normalized spacial score (nSPS) is 12.1. The zero-order valence-electron chi connectivity index (χ0n) is 11.2. The molecule has 0 aliphatic rings. The second-order valence-corrected chi connectivity index (χ2v) is 10.2. The second kappa shape index (κ2) is 4.78. The summed E-state index contributed by atoms with van der Waals surface area (Å²) in [6, 6.07) is 18.0. The predicted molar refractivity (Wildman–Crippen MR) is 108 cm³/mol. The summed E-state index contributed by atoms with van der Waals surface area (Å²) in [6.45, 7) is 0. The molecule has 0 saturated heterocycles. The molecule has 2 heterocycles. The molecule has 0 atom stereocenters. The molecule has 0 aliphatic carbocycles. The quantitative estimate of drug-likeness (QED) is 0.211. The Labute approximate surface area is 151 Å². The van der Waals surface area contributed by atoms with Crippen LogP contribution >= 0.6 is 54.5 Å². The third-order valence-electron chi connectivity index (χ3n) is 4.13. The maximum atomic E-state index is 3.61. The zero-order valence-corrected chi connectivity index (χ0v) is 16.0. The maximum absolute atomic E-state index is 3.61. The van der Waals surface area contributed by atoms with Gasteiger partial charge in [0.15, 0.2) is 0 Å². The van der Waals surface area contributed by atoms with Gasteiger partial charge in [0.05, 0.1) is 7.57 Å². The number of thiophene rings is 2. The number of halogens is 2. The standard InChI is InChI=1S/C18H8Br2S2/c19-17-7-13-11-1-2-12-10(9(11)3-5-15(13)21-17)4-6-16-14(12)8-18(20)22-16/h1-8H. The lowest BCUT2D eigenvalue weighted by Gasteiger charge is -2.06. The van der Waals surface area contributed by atoms with Crippen LogP contribution in [0, 0.1) is 0 Å². The van der Waals surface area contributed by atoms with E-state index in [0.29, 0.717) is 0 Å². The van der Waals surface area contributed by atoms with E-state index in [1.807, 2.05) is 0 Å². The molecule has 0 spiro atoms. The first-order valence-electron chi connectivity index (χ1n) is 6.83. The predicted octanol–water partition coefficient (Wildman–Crippen LogP) is 7.95. The molecular formula is C18H8Br2S2. The molecule has 5 rings (SSSR count). The van der Waals surface area contributed by atoms with Crippen molar-refractivity contribution in [2.24, 2.45) is 0 Å². The molecule has 0 N–H and O–H groups in total. The molecule has 2 aromatic heterocycles. The molecule has 3 aromatic carbocycles. The van der Waals surface area contributed by atoms with E-state index in [2.05, 4.69) is 80.4 Å². The molecule has 0 radical (unpaired) electrons. The molecule has 0 nitrogen and oxygen atoms in total. The molecule has 0 unspecified atom stereocenters. The highest BCUT2D eigenvalue weighted by atomic mass is 79.9. The Balaban J connectivity index is 2.03. The van der Waals surface area contributed by atoms with Crippen molar-refractivity contribution in [3.05, 3.63) is 56.1 Å². The molecule has 106 valence electrons. The van der Waals surface area contributed by atoms with Crippen LogP contribution < -0.4 is 0 Å². The van der Waals surface area contributed by atoms with Gasteiger partial charge in [-0.1, -0.05) is 24.3 Å². The fourth-order valence-corrected chi connectivity index (χ4v) is 6.31. The van der Waals surface area contributed by atoms with Gasteiger partial charge in [-0.2, -0.15) is 0 Å². The summed E-state index contributed by atoms with van der Waals surface area (Å²) in [5.41, 5.74) is 0. The Kier molecular flexibility index (Phi) is 2.93. The lowest BCUT2D eigenvalue weighted by Crippen LogP contribution is -1.79. The van der Waals surface area contributed by atoms with Gasteiger partial charge in [-0.25, -0.2) is 0 Å². The SMILES string of the molecule is Brc1cc2c(ccc3c2ccc2c4cc(Br)sc4ccc23)s1. The number of hydrogen-bond donors (Lipinski definition) is 0. The van der Waals surface area contributed by atoms with E-state index in [1.54, 1.807) is 22.7 Å². The van der Waals surface area contributed by atoms with Crippen LogP contribution in [0.15, 0.2) is 56.1 Å². The van der Waals surface area contributed by atoms with Crippen LogP contribution in [0.2, 0.25) is 0 Å². The summed E-state index contributed by atoms with van der Waals surface area (Å²) in [5.74, 6) is 0. The van der Waals surface area contributed by atoms with E-state index in [4.69, 9.17) is 0 Å². The molecule has 0 bridgehead atoms. The fraction of sp³-hybridized carbons (Fsp3) is 0. The largest absolute Gasteiger partial charge is 0.128 e. The van der Waals surface area contributed by atoms with Gasteiger partial charge in [0.2, 0.25) is 0 Å². The minimum atomic E-state index is 1.19. The number of hydrogen-bond acceptors (Lipinski definition) is 2. The van der Waals surface area contributed by atoms with Crippen LogP contribution in [0.4, 0.5) is 0 Å². The number of rotatable bonds is 0. The summed E-state index contributed by atoms with van der Waals surface area (Å²) in [5, 5.41) is 8.01. The van der Waals surface area contributed by atoms with Gasteiger partial charge in [-0.15, -0.1) is 22.7 Å². The average molecular weight is 448 g/mol. The summed E-state index contributed by atoms with van der Waals surface area (Å²) in [7, 11) is 0. The molecule has 0 aliphatic heterocycles. The van der Waals surface area contributed by atoms with Crippen LogP contribution in [0.3, 0.4) is 0 Å². The first kappa shape index (κ1) is 13.5. The molecular weight excluding hydrogens is 440 g/mol. The number of benzene rings is 3.